The van der Waals surface area contributed by atoms with Crippen molar-refractivity contribution in [2.75, 3.05) is 0 Å². The van der Waals surface area contributed by atoms with Crippen LogP contribution < -0.4 is 0 Å². The van der Waals surface area contributed by atoms with Crippen molar-refractivity contribution >= 4 is 29.2 Å². The van der Waals surface area contributed by atoms with E-state index in [-0.39, 0.29) is 0 Å². The summed E-state index contributed by atoms with van der Waals surface area (Å²) in [7, 11) is -1.71. The quantitative estimate of drug-likeness (QED) is 0.532. The third-order valence-electron chi connectivity index (χ3n) is 3.16. The first-order chi connectivity index (χ1) is 4.54. The Balaban J connectivity index is 4.42. The Labute approximate surface area is 77.3 Å². The van der Waals surface area contributed by atoms with Gasteiger partial charge in [-0.05, 0) is 0 Å². The molecule has 0 nitrogen and oxygen atoms in total. The normalized spacial score (nSPS) is 16.3. The summed E-state index contributed by atoms with van der Waals surface area (Å²) in [4.78, 5) is 0. The molecule has 0 saturated heterocycles. The van der Waals surface area contributed by atoms with E-state index in [4.69, 9.17) is 0 Å². The molecule has 0 bridgehead atoms. The molecule has 0 aliphatic rings. The molecular weight excluding hydrogens is 298 g/mol. The van der Waals surface area contributed by atoms with Gasteiger partial charge in [-0.15, -0.1) is 0 Å². The van der Waals surface area contributed by atoms with Crippen LogP contribution in [0.1, 0.15) is 27.7 Å². The Hall–Kier alpha value is 1.29. The number of hydrogen-bond donors (Lipinski definition) is 0. The van der Waals surface area contributed by atoms with Gasteiger partial charge in [-0.3, -0.25) is 0 Å². The van der Waals surface area contributed by atoms with Crippen LogP contribution in [0.2, 0.25) is 20.8 Å². The minimum atomic E-state index is -1.71. The van der Waals surface area contributed by atoms with Crippen LogP contribution in [-0.4, -0.2) is 9.10 Å². The summed E-state index contributed by atoms with van der Waals surface area (Å²) in [5, 5.41) is 5.90. The molecule has 0 aliphatic heterocycles. The van der Waals surface area contributed by atoms with Crippen molar-refractivity contribution in [2.45, 2.75) is 48.5 Å². The number of halogens is 1. The van der Waals surface area contributed by atoms with Crippen molar-refractivity contribution in [1.29, 1.82) is 0 Å². The molecule has 0 spiro atoms. The summed E-state index contributed by atoms with van der Waals surface area (Å²) in [6.07, 6.45) is 0. The van der Waals surface area contributed by atoms with Crippen molar-refractivity contribution < 1.29 is 0 Å². The van der Waals surface area contributed by atoms with Gasteiger partial charge in [0.2, 0.25) is 0 Å². The van der Waals surface area contributed by atoms with E-state index >= 15 is 0 Å². The van der Waals surface area contributed by atoms with Crippen molar-refractivity contribution in [3.8, 4) is 0 Å². The maximum atomic E-state index is 2.84. The SMILES string of the molecule is CC[As](I)(CC)(CC)CC. The molecule has 0 heterocycles. The molecule has 0 radical (unpaired) electrons. The Bertz CT molecular complexity index is 84.3. The predicted molar refractivity (Wildman–Crippen MR) is 61.7 cm³/mol. The summed E-state index contributed by atoms with van der Waals surface area (Å²) >= 11 is 2.84. The van der Waals surface area contributed by atoms with Crippen LogP contribution in [0.3, 0.4) is 0 Å². The topological polar surface area (TPSA) is 0 Å². The second-order valence-corrected chi connectivity index (χ2v) is 30.2. The Morgan fingerprint density at radius 3 is 1.00 bits per heavy atom. The summed E-state index contributed by atoms with van der Waals surface area (Å²) in [5.74, 6) is 0. The fraction of sp³-hybridized carbons (Fsp3) is 1.00. The molecular formula is C8H20AsI. The number of hydrogen-bond acceptors (Lipinski definition) is 0. The van der Waals surface area contributed by atoms with Crippen molar-refractivity contribution in [3.05, 3.63) is 0 Å². The zero-order valence-corrected chi connectivity index (χ0v) is 11.7. The molecule has 10 heavy (non-hydrogen) atoms. The van der Waals surface area contributed by atoms with E-state index in [1.165, 1.54) is 20.8 Å². The summed E-state index contributed by atoms with van der Waals surface area (Å²) in [6, 6.07) is 0. The molecule has 0 aromatic rings. The fourth-order valence-corrected chi connectivity index (χ4v) is 6.97. The van der Waals surface area contributed by atoms with Crippen molar-refractivity contribution in [2.24, 2.45) is 0 Å². The van der Waals surface area contributed by atoms with Gasteiger partial charge in [0.25, 0.3) is 0 Å². The average molecular weight is 318 g/mol. The van der Waals surface area contributed by atoms with Gasteiger partial charge in [0.05, 0.1) is 0 Å². The predicted octanol–water partition coefficient (Wildman–Crippen LogP) is 4.40. The Morgan fingerprint density at radius 1 is 0.800 bits per heavy atom. The van der Waals surface area contributed by atoms with Gasteiger partial charge < -0.3 is 0 Å². The standard InChI is InChI=1S/C8H20AsI/c1-5-9(10,6-2,7-3)8-4/h5-8H2,1-4H3. The third kappa shape index (κ3) is 2.13. The van der Waals surface area contributed by atoms with Crippen LogP contribution in [0.25, 0.3) is 0 Å². The summed E-state index contributed by atoms with van der Waals surface area (Å²) in [5.41, 5.74) is 0. The van der Waals surface area contributed by atoms with Gasteiger partial charge in [-0.2, -0.15) is 0 Å². The second kappa shape index (κ2) is 3.80. The van der Waals surface area contributed by atoms with Gasteiger partial charge in [-0.25, -0.2) is 0 Å². The molecule has 0 atom stereocenters. The molecule has 0 fully saturated rings. The van der Waals surface area contributed by atoms with Gasteiger partial charge >= 0.3 is 77.8 Å². The molecule has 0 aromatic carbocycles. The van der Waals surface area contributed by atoms with E-state index in [1.54, 1.807) is 0 Å². The van der Waals surface area contributed by atoms with E-state index in [1.807, 2.05) is 0 Å². The zero-order chi connectivity index (χ0) is 8.28. The second-order valence-electron chi connectivity index (χ2n) is 3.08. The average Bonchev–Trinajstić information content (AvgIpc) is 2.04. The van der Waals surface area contributed by atoms with Gasteiger partial charge in [-0.1, -0.05) is 0 Å². The summed E-state index contributed by atoms with van der Waals surface area (Å²) < 4.78 is 0. The Morgan fingerprint density at radius 2 is 1.00 bits per heavy atom. The van der Waals surface area contributed by atoms with Crippen LogP contribution in [0.4, 0.5) is 0 Å². The van der Waals surface area contributed by atoms with Crippen LogP contribution in [0, 0.1) is 0 Å². The molecule has 0 saturated carbocycles. The van der Waals surface area contributed by atoms with E-state index < -0.39 is 9.10 Å². The Kier molecular flexibility index (Phi) is 4.29. The molecule has 0 rings (SSSR count). The van der Waals surface area contributed by atoms with Crippen LogP contribution >= 0.6 is 20.1 Å². The molecule has 64 valence electrons. The maximum absolute atomic E-state index is 2.84. The number of rotatable bonds is 4. The van der Waals surface area contributed by atoms with E-state index in [0.29, 0.717) is 0 Å². The van der Waals surface area contributed by atoms with E-state index in [0.717, 1.165) is 0 Å². The molecule has 0 amide bonds. The first-order valence-electron chi connectivity index (χ1n) is 4.26. The fourth-order valence-electron chi connectivity index (χ4n) is 1.34. The minimum absolute atomic E-state index is 1.47. The van der Waals surface area contributed by atoms with Crippen molar-refractivity contribution in [1.82, 2.24) is 0 Å². The zero-order valence-electron chi connectivity index (χ0n) is 7.65. The van der Waals surface area contributed by atoms with Crippen LogP contribution in [-0.2, 0) is 0 Å². The van der Waals surface area contributed by atoms with E-state index in [2.05, 4.69) is 47.8 Å². The van der Waals surface area contributed by atoms with Crippen molar-refractivity contribution in [3.63, 3.8) is 0 Å². The monoisotopic (exact) mass is 318 g/mol. The van der Waals surface area contributed by atoms with Crippen LogP contribution in [0.15, 0.2) is 0 Å². The van der Waals surface area contributed by atoms with Gasteiger partial charge in [0.15, 0.2) is 0 Å². The molecule has 0 unspecified atom stereocenters. The molecule has 0 aromatic heterocycles. The molecule has 0 aliphatic carbocycles. The van der Waals surface area contributed by atoms with Gasteiger partial charge in [0.1, 0.15) is 0 Å². The summed E-state index contributed by atoms with van der Waals surface area (Å²) in [6.45, 7) is 9.53. The van der Waals surface area contributed by atoms with Gasteiger partial charge in [0, 0.05) is 0 Å². The van der Waals surface area contributed by atoms with Crippen LogP contribution in [0.5, 0.6) is 0 Å². The molecule has 2 heteroatoms. The molecule has 0 N–H and O–H groups in total. The third-order valence-corrected chi connectivity index (χ3v) is 30.6. The first-order valence-corrected chi connectivity index (χ1v) is 15.3. The first kappa shape index (κ1) is 11.3. The van der Waals surface area contributed by atoms with E-state index in [9.17, 15) is 0 Å².